The van der Waals surface area contributed by atoms with Crippen LogP contribution >= 0.6 is 11.6 Å². The first kappa shape index (κ1) is 22.3. The molecule has 0 heterocycles. The van der Waals surface area contributed by atoms with Crippen LogP contribution in [0.5, 0.6) is 0 Å². The minimum Gasteiger partial charge on any atom is -0.480 e. The summed E-state index contributed by atoms with van der Waals surface area (Å²) in [5.41, 5.74) is 1.29. The zero-order valence-electron chi connectivity index (χ0n) is 17.2. The highest BCUT2D eigenvalue weighted by Crippen LogP contribution is 2.24. The van der Waals surface area contributed by atoms with Crippen LogP contribution < -0.4 is 10.2 Å². The number of carboxylic acids is 1. The molecule has 6 nitrogen and oxygen atoms in total. The fourth-order valence-corrected chi connectivity index (χ4v) is 3.60. The Kier molecular flexibility index (Phi) is 6.92. The first-order valence-corrected chi connectivity index (χ1v) is 10.2. The molecule has 0 saturated carbocycles. The molecule has 3 aromatic rings. The Hall–Kier alpha value is -3.38. The van der Waals surface area contributed by atoms with Gasteiger partial charge in [0, 0.05) is 24.1 Å². The topological polar surface area (TPSA) is 86.7 Å². The number of hydrogen-bond acceptors (Lipinski definition) is 3. The van der Waals surface area contributed by atoms with Crippen molar-refractivity contribution in [3.8, 4) is 0 Å². The number of carboxylic acid groups (broad SMARTS) is 1. The number of carbonyl (C=O) groups excluding carboxylic acids is 2. The predicted molar refractivity (Wildman–Crippen MR) is 121 cm³/mol. The van der Waals surface area contributed by atoms with Gasteiger partial charge < -0.3 is 15.3 Å². The van der Waals surface area contributed by atoms with Crippen LogP contribution in [0.25, 0.3) is 10.8 Å². The number of nitrogens with one attached hydrogen (secondary N) is 1. The quantitative estimate of drug-likeness (QED) is 0.582. The van der Waals surface area contributed by atoms with Crippen LogP contribution in [0, 0.1) is 0 Å². The van der Waals surface area contributed by atoms with E-state index < -0.39 is 24.0 Å². The number of anilines is 1. The highest BCUT2D eigenvalue weighted by atomic mass is 35.5. The molecule has 0 unspecified atom stereocenters. The maximum absolute atomic E-state index is 12.9. The van der Waals surface area contributed by atoms with Crippen molar-refractivity contribution in [1.29, 1.82) is 0 Å². The summed E-state index contributed by atoms with van der Waals surface area (Å²) >= 11 is 5.87. The van der Waals surface area contributed by atoms with E-state index in [1.165, 1.54) is 11.8 Å². The van der Waals surface area contributed by atoms with Crippen molar-refractivity contribution in [2.45, 2.75) is 32.4 Å². The summed E-state index contributed by atoms with van der Waals surface area (Å²) in [6.45, 7) is 2.95. The largest absolute Gasteiger partial charge is 0.480 e. The molecule has 0 bridgehead atoms. The van der Waals surface area contributed by atoms with E-state index in [1.54, 1.807) is 37.3 Å². The molecule has 0 aliphatic carbocycles. The summed E-state index contributed by atoms with van der Waals surface area (Å²) in [6.07, 6.45) is 0.0982. The highest BCUT2D eigenvalue weighted by Gasteiger charge is 2.29. The first-order chi connectivity index (χ1) is 14.8. The number of rotatable bonds is 7. The molecule has 0 aromatic heterocycles. The van der Waals surface area contributed by atoms with E-state index in [1.807, 2.05) is 36.4 Å². The van der Waals surface area contributed by atoms with Gasteiger partial charge in [0.15, 0.2) is 0 Å². The molecule has 2 atom stereocenters. The Balaban J connectivity index is 1.80. The lowest BCUT2D eigenvalue weighted by Gasteiger charge is -2.29. The summed E-state index contributed by atoms with van der Waals surface area (Å²) < 4.78 is 0. The van der Waals surface area contributed by atoms with Crippen molar-refractivity contribution in [3.63, 3.8) is 0 Å². The molecule has 2 N–H and O–H groups in total. The van der Waals surface area contributed by atoms with Crippen LogP contribution in [-0.2, 0) is 20.8 Å². The van der Waals surface area contributed by atoms with E-state index in [9.17, 15) is 19.5 Å². The zero-order chi connectivity index (χ0) is 22.5. The molecule has 0 saturated heterocycles. The molecule has 0 spiro atoms. The van der Waals surface area contributed by atoms with Gasteiger partial charge in [0.25, 0.3) is 0 Å². The van der Waals surface area contributed by atoms with Crippen LogP contribution in [0.4, 0.5) is 5.69 Å². The van der Waals surface area contributed by atoms with E-state index in [4.69, 9.17) is 11.6 Å². The molecule has 0 aliphatic rings. The normalized spacial score (nSPS) is 12.7. The van der Waals surface area contributed by atoms with Crippen molar-refractivity contribution < 1.29 is 19.5 Å². The third-order valence-electron chi connectivity index (χ3n) is 5.08. The molecule has 2 amide bonds. The van der Waals surface area contributed by atoms with Crippen molar-refractivity contribution in [2.24, 2.45) is 0 Å². The van der Waals surface area contributed by atoms with Crippen LogP contribution in [0.15, 0.2) is 66.7 Å². The molecular weight excluding hydrogens is 416 g/mol. The number of carbonyl (C=O) groups is 3. The van der Waals surface area contributed by atoms with Crippen LogP contribution in [0.3, 0.4) is 0 Å². The molecule has 0 radical (unpaired) electrons. The summed E-state index contributed by atoms with van der Waals surface area (Å²) in [5, 5.41) is 14.6. The average molecular weight is 439 g/mol. The van der Waals surface area contributed by atoms with Gasteiger partial charge >= 0.3 is 5.97 Å². The van der Waals surface area contributed by atoms with Crippen molar-refractivity contribution in [1.82, 2.24) is 5.32 Å². The van der Waals surface area contributed by atoms with Crippen molar-refractivity contribution >= 4 is 45.8 Å². The molecule has 7 heteroatoms. The van der Waals surface area contributed by atoms with Gasteiger partial charge in [0.05, 0.1) is 0 Å². The molecule has 0 aliphatic heterocycles. The second-order valence-corrected chi connectivity index (χ2v) is 7.76. The van der Waals surface area contributed by atoms with Crippen LogP contribution in [-0.4, -0.2) is 35.0 Å². The fraction of sp³-hybridized carbons (Fsp3) is 0.208. The fourth-order valence-electron chi connectivity index (χ4n) is 3.47. The second-order valence-electron chi connectivity index (χ2n) is 7.33. The Morgan fingerprint density at radius 2 is 1.65 bits per heavy atom. The number of hydrogen-bond donors (Lipinski definition) is 2. The van der Waals surface area contributed by atoms with E-state index in [0.717, 1.165) is 16.3 Å². The maximum Gasteiger partial charge on any atom is 0.326 e. The van der Waals surface area contributed by atoms with Crippen molar-refractivity contribution in [3.05, 3.63) is 77.3 Å². The standard InChI is InChI=1S/C24H23ClN2O4/c1-15(23(29)26-22(24(30)31)13-17-7-10-20(25)11-8-17)27(16(2)28)21-12-9-18-5-3-4-6-19(18)14-21/h3-12,14-15,22H,13H2,1-2H3,(H,26,29)(H,30,31)/t15-,22-/m1/s1. The number of fused-ring (bicyclic) bond motifs is 1. The van der Waals surface area contributed by atoms with E-state index in [-0.39, 0.29) is 12.3 Å². The summed E-state index contributed by atoms with van der Waals surface area (Å²) in [7, 11) is 0. The van der Waals surface area contributed by atoms with Gasteiger partial charge in [-0.1, -0.05) is 54.1 Å². The molecule has 160 valence electrons. The number of benzene rings is 3. The monoisotopic (exact) mass is 438 g/mol. The summed E-state index contributed by atoms with van der Waals surface area (Å²) in [6, 6.07) is 17.9. The minimum atomic E-state index is -1.16. The lowest BCUT2D eigenvalue weighted by Crippen LogP contribution is -2.52. The maximum atomic E-state index is 12.9. The summed E-state index contributed by atoms with van der Waals surface area (Å²) in [5.74, 6) is -2.03. The van der Waals surface area contributed by atoms with Gasteiger partial charge in [-0.3, -0.25) is 9.59 Å². The van der Waals surface area contributed by atoms with Crippen LogP contribution in [0.2, 0.25) is 5.02 Å². The van der Waals surface area contributed by atoms with Gasteiger partial charge in [-0.2, -0.15) is 0 Å². The first-order valence-electron chi connectivity index (χ1n) is 9.82. The van der Waals surface area contributed by atoms with Crippen molar-refractivity contribution in [2.75, 3.05) is 4.90 Å². The third kappa shape index (κ3) is 5.41. The van der Waals surface area contributed by atoms with Gasteiger partial charge in [-0.05, 0) is 47.5 Å². The summed E-state index contributed by atoms with van der Waals surface area (Å²) in [4.78, 5) is 38.4. The van der Waals surface area contributed by atoms with Crippen LogP contribution in [0.1, 0.15) is 19.4 Å². The average Bonchev–Trinajstić information content (AvgIpc) is 2.74. The lowest BCUT2D eigenvalue weighted by molar-refractivity contribution is -0.142. The SMILES string of the molecule is CC(=O)N(c1ccc2ccccc2c1)[C@H](C)C(=O)N[C@H](Cc1ccc(Cl)cc1)C(=O)O. The number of nitrogens with zero attached hydrogens (tertiary/aromatic N) is 1. The molecule has 3 aromatic carbocycles. The molecule has 3 rings (SSSR count). The Bertz CT molecular complexity index is 1110. The molecule has 0 fully saturated rings. The van der Waals surface area contributed by atoms with E-state index in [0.29, 0.717) is 10.7 Å². The number of aliphatic carboxylic acids is 1. The lowest BCUT2D eigenvalue weighted by atomic mass is 10.1. The zero-order valence-corrected chi connectivity index (χ0v) is 18.0. The minimum absolute atomic E-state index is 0.0982. The highest BCUT2D eigenvalue weighted by molar-refractivity contribution is 6.30. The Labute approximate surface area is 185 Å². The van der Waals surface area contributed by atoms with Gasteiger partial charge in [0.1, 0.15) is 12.1 Å². The Morgan fingerprint density at radius 1 is 1.00 bits per heavy atom. The van der Waals surface area contributed by atoms with E-state index >= 15 is 0 Å². The Morgan fingerprint density at radius 3 is 2.26 bits per heavy atom. The smallest absolute Gasteiger partial charge is 0.326 e. The third-order valence-corrected chi connectivity index (χ3v) is 5.34. The molecular formula is C24H23ClN2O4. The van der Waals surface area contributed by atoms with Gasteiger partial charge in [0.2, 0.25) is 11.8 Å². The molecule has 31 heavy (non-hydrogen) atoms. The van der Waals surface area contributed by atoms with E-state index in [2.05, 4.69) is 5.32 Å². The predicted octanol–water partition coefficient (Wildman–Crippen LogP) is 4.05. The van der Waals surface area contributed by atoms with Gasteiger partial charge in [-0.25, -0.2) is 4.79 Å². The second kappa shape index (κ2) is 9.62. The number of amides is 2. The van der Waals surface area contributed by atoms with Gasteiger partial charge in [-0.15, -0.1) is 0 Å². The number of halogens is 1.